The summed E-state index contributed by atoms with van der Waals surface area (Å²) in [5.74, 6) is -6.74. The maximum atomic E-state index is 12.6. The zero-order valence-electron chi connectivity index (χ0n) is 7.05. The fraction of sp³-hybridized carbons (Fsp3) is 0.714. The summed E-state index contributed by atoms with van der Waals surface area (Å²) in [6.45, 7) is 1.24. The molecule has 0 saturated carbocycles. The lowest BCUT2D eigenvalue weighted by molar-refractivity contribution is -0.173. The minimum atomic E-state index is -3.70. The van der Waals surface area contributed by atoms with Crippen molar-refractivity contribution in [2.24, 2.45) is 0 Å². The molecule has 0 unspecified atom stereocenters. The Labute approximate surface area is 73.5 Å². The number of carboxylic acids is 1. The Morgan fingerprint density at radius 2 is 2.00 bits per heavy atom. The van der Waals surface area contributed by atoms with Crippen LogP contribution in [0, 0.1) is 0 Å². The fourth-order valence-corrected chi connectivity index (χ4v) is 0.603. The SMILES string of the molecule is CCOC(=O)C(F)(F)CCC(=O)O. The van der Waals surface area contributed by atoms with Crippen LogP contribution in [-0.4, -0.2) is 29.6 Å². The minimum Gasteiger partial charge on any atom is -0.481 e. The highest BCUT2D eigenvalue weighted by Gasteiger charge is 2.40. The number of carbonyl (C=O) groups is 2. The van der Waals surface area contributed by atoms with Gasteiger partial charge in [-0.05, 0) is 6.92 Å². The van der Waals surface area contributed by atoms with Gasteiger partial charge < -0.3 is 9.84 Å². The summed E-state index contributed by atoms with van der Waals surface area (Å²) >= 11 is 0. The average molecular weight is 196 g/mol. The quantitative estimate of drug-likeness (QED) is 0.667. The van der Waals surface area contributed by atoms with E-state index in [1.807, 2.05) is 0 Å². The number of hydrogen-bond acceptors (Lipinski definition) is 3. The lowest BCUT2D eigenvalue weighted by Crippen LogP contribution is -2.31. The Balaban J connectivity index is 4.05. The first-order chi connectivity index (χ1) is 5.90. The Morgan fingerprint density at radius 3 is 2.38 bits per heavy atom. The normalized spacial score (nSPS) is 11.0. The van der Waals surface area contributed by atoms with Crippen LogP contribution in [0.15, 0.2) is 0 Å². The van der Waals surface area contributed by atoms with Gasteiger partial charge in [-0.3, -0.25) is 4.79 Å². The molecule has 76 valence electrons. The van der Waals surface area contributed by atoms with Crippen molar-refractivity contribution in [3.8, 4) is 0 Å². The average Bonchev–Trinajstić information content (AvgIpc) is 2.01. The molecule has 1 N–H and O–H groups in total. The standard InChI is InChI=1S/C7H10F2O4/c1-2-13-6(12)7(8,9)4-3-5(10)11/h2-4H2,1H3,(H,10,11). The summed E-state index contributed by atoms with van der Waals surface area (Å²) in [5.41, 5.74) is 0. The van der Waals surface area contributed by atoms with Gasteiger partial charge in [0.2, 0.25) is 0 Å². The number of ether oxygens (including phenoxy) is 1. The zero-order chi connectivity index (χ0) is 10.5. The van der Waals surface area contributed by atoms with Crippen molar-refractivity contribution in [1.29, 1.82) is 0 Å². The third kappa shape index (κ3) is 4.39. The van der Waals surface area contributed by atoms with Crippen LogP contribution in [0.25, 0.3) is 0 Å². The van der Waals surface area contributed by atoms with Gasteiger partial charge in [0, 0.05) is 6.42 Å². The van der Waals surface area contributed by atoms with Gasteiger partial charge in [0.25, 0.3) is 0 Å². The van der Waals surface area contributed by atoms with Crippen LogP contribution in [0.2, 0.25) is 0 Å². The Morgan fingerprint density at radius 1 is 1.46 bits per heavy atom. The van der Waals surface area contributed by atoms with Crippen LogP contribution in [-0.2, 0) is 14.3 Å². The Hall–Kier alpha value is -1.20. The highest BCUT2D eigenvalue weighted by atomic mass is 19.3. The molecule has 0 aliphatic rings. The third-order valence-corrected chi connectivity index (χ3v) is 1.23. The number of halogens is 2. The molecule has 0 radical (unpaired) electrons. The molecule has 0 aliphatic carbocycles. The first-order valence-corrected chi connectivity index (χ1v) is 3.67. The van der Waals surface area contributed by atoms with Crippen molar-refractivity contribution < 1.29 is 28.2 Å². The number of carboxylic acid groups (broad SMARTS) is 1. The van der Waals surface area contributed by atoms with E-state index in [9.17, 15) is 18.4 Å². The van der Waals surface area contributed by atoms with E-state index in [2.05, 4.69) is 4.74 Å². The van der Waals surface area contributed by atoms with E-state index in [1.165, 1.54) is 6.92 Å². The molecule has 0 saturated heterocycles. The number of aliphatic carboxylic acids is 1. The lowest BCUT2D eigenvalue weighted by atomic mass is 10.2. The molecule has 0 aliphatic heterocycles. The number of esters is 1. The Kier molecular flexibility index (Phi) is 4.30. The van der Waals surface area contributed by atoms with E-state index in [-0.39, 0.29) is 6.61 Å². The van der Waals surface area contributed by atoms with E-state index in [0.29, 0.717) is 0 Å². The minimum absolute atomic E-state index is 0.151. The van der Waals surface area contributed by atoms with Crippen molar-refractivity contribution in [2.75, 3.05) is 6.61 Å². The predicted octanol–water partition coefficient (Wildman–Crippen LogP) is 1.05. The first kappa shape index (κ1) is 11.8. The second kappa shape index (κ2) is 4.74. The molecular weight excluding hydrogens is 186 g/mol. The summed E-state index contributed by atoms with van der Waals surface area (Å²) in [4.78, 5) is 20.5. The van der Waals surface area contributed by atoms with Gasteiger partial charge in [0.1, 0.15) is 0 Å². The lowest BCUT2D eigenvalue weighted by Gasteiger charge is -2.12. The van der Waals surface area contributed by atoms with Crippen molar-refractivity contribution in [3.05, 3.63) is 0 Å². The molecule has 0 aromatic rings. The maximum Gasteiger partial charge on any atom is 0.376 e. The zero-order valence-corrected chi connectivity index (χ0v) is 7.05. The smallest absolute Gasteiger partial charge is 0.376 e. The van der Waals surface area contributed by atoms with E-state index in [1.54, 1.807) is 0 Å². The molecule has 0 aromatic carbocycles. The molecule has 0 amide bonds. The van der Waals surface area contributed by atoms with Gasteiger partial charge in [0.15, 0.2) is 0 Å². The predicted molar refractivity (Wildman–Crippen MR) is 38.4 cm³/mol. The molecule has 6 heteroatoms. The molecule has 4 nitrogen and oxygen atoms in total. The molecular formula is C7H10F2O4. The number of alkyl halides is 2. The molecule has 0 fully saturated rings. The molecule has 0 rings (SSSR count). The summed E-state index contributed by atoms with van der Waals surface area (Å²) < 4.78 is 29.3. The van der Waals surface area contributed by atoms with Gasteiger partial charge >= 0.3 is 17.9 Å². The van der Waals surface area contributed by atoms with Crippen molar-refractivity contribution >= 4 is 11.9 Å². The maximum absolute atomic E-state index is 12.6. The van der Waals surface area contributed by atoms with E-state index in [0.717, 1.165) is 0 Å². The Bertz CT molecular complexity index is 203. The van der Waals surface area contributed by atoms with Crippen LogP contribution >= 0.6 is 0 Å². The molecule has 13 heavy (non-hydrogen) atoms. The van der Waals surface area contributed by atoms with Gasteiger partial charge in [-0.15, -0.1) is 0 Å². The second-order valence-electron chi connectivity index (χ2n) is 2.32. The molecule has 0 spiro atoms. The van der Waals surface area contributed by atoms with Gasteiger partial charge in [-0.1, -0.05) is 0 Å². The summed E-state index contributed by atoms with van der Waals surface area (Å²) in [6.07, 6.45) is -1.78. The van der Waals surface area contributed by atoms with Gasteiger partial charge in [0.05, 0.1) is 13.0 Å². The van der Waals surface area contributed by atoms with E-state index in [4.69, 9.17) is 5.11 Å². The molecule has 0 aromatic heterocycles. The fourth-order valence-electron chi connectivity index (χ4n) is 0.603. The van der Waals surface area contributed by atoms with Gasteiger partial charge in [-0.25, -0.2) is 4.79 Å². The monoisotopic (exact) mass is 196 g/mol. The van der Waals surface area contributed by atoms with Crippen LogP contribution < -0.4 is 0 Å². The van der Waals surface area contributed by atoms with Crippen LogP contribution in [0.4, 0.5) is 8.78 Å². The molecule has 0 heterocycles. The van der Waals surface area contributed by atoms with Crippen molar-refractivity contribution in [3.63, 3.8) is 0 Å². The highest BCUT2D eigenvalue weighted by Crippen LogP contribution is 2.21. The van der Waals surface area contributed by atoms with Crippen LogP contribution in [0.1, 0.15) is 19.8 Å². The summed E-state index contributed by atoms with van der Waals surface area (Å²) in [5, 5.41) is 8.10. The van der Waals surface area contributed by atoms with Crippen molar-refractivity contribution in [2.45, 2.75) is 25.7 Å². The number of rotatable bonds is 5. The van der Waals surface area contributed by atoms with E-state index < -0.39 is 30.7 Å². The topological polar surface area (TPSA) is 63.6 Å². The largest absolute Gasteiger partial charge is 0.481 e. The third-order valence-electron chi connectivity index (χ3n) is 1.23. The summed E-state index contributed by atoms with van der Waals surface area (Å²) in [7, 11) is 0. The first-order valence-electron chi connectivity index (χ1n) is 3.67. The van der Waals surface area contributed by atoms with E-state index >= 15 is 0 Å². The van der Waals surface area contributed by atoms with Crippen molar-refractivity contribution in [1.82, 2.24) is 0 Å². The highest BCUT2D eigenvalue weighted by molar-refractivity contribution is 5.78. The van der Waals surface area contributed by atoms with Crippen LogP contribution in [0.5, 0.6) is 0 Å². The molecule has 0 bridgehead atoms. The number of carbonyl (C=O) groups excluding carboxylic acids is 1. The van der Waals surface area contributed by atoms with Gasteiger partial charge in [-0.2, -0.15) is 8.78 Å². The molecule has 0 atom stereocenters. The summed E-state index contributed by atoms with van der Waals surface area (Å²) in [6, 6.07) is 0. The number of hydrogen-bond donors (Lipinski definition) is 1. The second-order valence-corrected chi connectivity index (χ2v) is 2.32. The van der Waals surface area contributed by atoms with Crippen LogP contribution in [0.3, 0.4) is 0 Å².